The Kier molecular flexibility index (Phi) is 4.32. The van der Waals surface area contributed by atoms with E-state index in [4.69, 9.17) is 22.1 Å². The van der Waals surface area contributed by atoms with Crippen LogP contribution in [0.4, 0.5) is 5.69 Å². The van der Waals surface area contributed by atoms with Crippen LogP contribution in [-0.2, 0) is 9.53 Å². The van der Waals surface area contributed by atoms with Crippen molar-refractivity contribution in [2.45, 2.75) is 37.3 Å². The Balaban J connectivity index is 2.12. The highest BCUT2D eigenvalue weighted by molar-refractivity contribution is 6.30. The molecular formula is C14H19ClN2O2. The predicted octanol–water partition coefficient (Wildman–Crippen LogP) is 2.57. The van der Waals surface area contributed by atoms with E-state index in [1.54, 1.807) is 19.2 Å². The number of ether oxygens (including phenoxy) is 1. The summed E-state index contributed by atoms with van der Waals surface area (Å²) in [6, 6.07) is 7.30. The van der Waals surface area contributed by atoms with Gasteiger partial charge >= 0.3 is 0 Å². The Hall–Kier alpha value is -1.26. The fraction of sp³-hybridized carbons (Fsp3) is 0.500. The van der Waals surface area contributed by atoms with Crippen molar-refractivity contribution < 1.29 is 9.53 Å². The third kappa shape index (κ3) is 3.19. The summed E-state index contributed by atoms with van der Waals surface area (Å²) < 4.78 is 5.33. The standard InChI is InChI=1S/C14H19ClN2O2/c1-19-12-6-8-14(9-7-12,13(16)18)17-11-4-2-10(15)3-5-11/h2-5,12,17H,6-9H2,1H3,(H2,16,18). The number of carbonyl (C=O) groups excluding carboxylic acids is 1. The summed E-state index contributed by atoms with van der Waals surface area (Å²) in [7, 11) is 1.70. The lowest BCUT2D eigenvalue weighted by atomic mass is 9.79. The highest BCUT2D eigenvalue weighted by Gasteiger charge is 2.40. The zero-order valence-electron chi connectivity index (χ0n) is 11.0. The van der Waals surface area contributed by atoms with E-state index in [9.17, 15) is 4.79 Å². The number of nitrogens with one attached hydrogen (secondary N) is 1. The van der Waals surface area contributed by atoms with Gasteiger partial charge in [-0.05, 0) is 49.9 Å². The van der Waals surface area contributed by atoms with Gasteiger partial charge in [0.05, 0.1) is 6.10 Å². The van der Waals surface area contributed by atoms with Crippen LogP contribution in [0.1, 0.15) is 25.7 Å². The maximum atomic E-state index is 11.8. The van der Waals surface area contributed by atoms with Crippen LogP contribution in [0.3, 0.4) is 0 Å². The van der Waals surface area contributed by atoms with E-state index < -0.39 is 5.54 Å². The van der Waals surface area contributed by atoms with E-state index in [2.05, 4.69) is 5.32 Å². The normalized spacial score (nSPS) is 26.9. The fourth-order valence-electron chi connectivity index (χ4n) is 2.56. The number of hydrogen-bond donors (Lipinski definition) is 2. The van der Waals surface area contributed by atoms with Crippen LogP contribution >= 0.6 is 11.6 Å². The molecule has 0 aliphatic heterocycles. The van der Waals surface area contributed by atoms with Crippen molar-refractivity contribution >= 4 is 23.2 Å². The summed E-state index contributed by atoms with van der Waals surface area (Å²) in [5.74, 6) is -0.308. The van der Waals surface area contributed by atoms with Gasteiger partial charge in [-0.1, -0.05) is 11.6 Å². The van der Waals surface area contributed by atoms with Gasteiger partial charge in [-0.2, -0.15) is 0 Å². The Bertz CT molecular complexity index is 439. The van der Waals surface area contributed by atoms with Crippen LogP contribution in [0, 0.1) is 0 Å². The molecule has 1 aromatic carbocycles. The first-order valence-electron chi connectivity index (χ1n) is 6.42. The molecule has 4 nitrogen and oxygen atoms in total. The summed E-state index contributed by atoms with van der Waals surface area (Å²) in [5.41, 5.74) is 5.78. The topological polar surface area (TPSA) is 64.3 Å². The van der Waals surface area contributed by atoms with Gasteiger partial charge in [-0.15, -0.1) is 0 Å². The maximum Gasteiger partial charge on any atom is 0.243 e. The van der Waals surface area contributed by atoms with Gasteiger partial charge in [0, 0.05) is 17.8 Å². The van der Waals surface area contributed by atoms with E-state index in [-0.39, 0.29) is 12.0 Å². The second-order valence-electron chi connectivity index (χ2n) is 5.01. The molecule has 1 aromatic rings. The Morgan fingerprint density at radius 3 is 2.42 bits per heavy atom. The first-order valence-corrected chi connectivity index (χ1v) is 6.80. The van der Waals surface area contributed by atoms with E-state index in [0.717, 1.165) is 18.5 Å². The van der Waals surface area contributed by atoms with Gasteiger partial charge in [0.15, 0.2) is 0 Å². The number of anilines is 1. The summed E-state index contributed by atoms with van der Waals surface area (Å²) in [5, 5.41) is 3.95. The van der Waals surface area contributed by atoms with Crippen molar-refractivity contribution in [1.82, 2.24) is 0 Å². The molecule has 0 heterocycles. The SMILES string of the molecule is COC1CCC(Nc2ccc(Cl)cc2)(C(N)=O)CC1. The highest BCUT2D eigenvalue weighted by Crippen LogP contribution is 2.33. The molecule has 0 radical (unpaired) electrons. The molecule has 104 valence electrons. The lowest BCUT2D eigenvalue weighted by Gasteiger charge is -2.38. The first-order chi connectivity index (χ1) is 9.05. The van der Waals surface area contributed by atoms with Crippen LogP contribution in [0.15, 0.2) is 24.3 Å². The number of hydrogen-bond acceptors (Lipinski definition) is 3. The second kappa shape index (κ2) is 5.80. The molecule has 19 heavy (non-hydrogen) atoms. The van der Waals surface area contributed by atoms with Gasteiger partial charge in [-0.25, -0.2) is 0 Å². The molecule has 5 heteroatoms. The van der Waals surface area contributed by atoms with Crippen molar-refractivity contribution in [2.75, 3.05) is 12.4 Å². The summed E-state index contributed by atoms with van der Waals surface area (Å²) >= 11 is 5.85. The molecular weight excluding hydrogens is 264 g/mol. The Labute approximate surface area is 118 Å². The molecule has 1 fully saturated rings. The van der Waals surface area contributed by atoms with Gasteiger partial charge < -0.3 is 15.8 Å². The average Bonchev–Trinajstić information content (AvgIpc) is 2.42. The first kappa shape index (κ1) is 14.2. The van der Waals surface area contributed by atoms with Crippen LogP contribution in [-0.4, -0.2) is 24.7 Å². The van der Waals surface area contributed by atoms with Gasteiger partial charge in [0.1, 0.15) is 5.54 Å². The molecule has 3 N–H and O–H groups in total. The quantitative estimate of drug-likeness (QED) is 0.892. The van der Waals surface area contributed by atoms with Crippen LogP contribution in [0.2, 0.25) is 5.02 Å². The molecule has 1 saturated carbocycles. The van der Waals surface area contributed by atoms with Crippen molar-refractivity contribution in [3.63, 3.8) is 0 Å². The fourth-order valence-corrected chi connectivity index (χ4v) is 2.69. The minimum atomic E-state index is -0.678. The predicted molar refractivity (Wildman–Crippen MR) is 76.3 cm³/mol. The van der Waals surface area contributed by atoms with E-state index in [1.807, 2.05) is 12.1 Å². The maximum absolute atomic E-state index is 11.8. The van der Waals surface area contributed by atoms with Gasteiger partial charge in [0.2, 0.25) is 5.91 Å². The third-order valence-electron chi connectivity index (χ3n) is 3.82. The molecule has 0 saturated heterocycles. The number of carbonyl (C=O) groups is 1. The smallest absolute Gasteiger partial charge is 0.243 e. The van der Waals surface area contributed by atoms with Crippen LogP contribution in [0.5, 0.6) is 0 Å². The molecule has 0 aromatic heterocycles. The van der Waals surface area contributed by atoms with E-state index in [1.165, 1.54) is 0 Å². The van der Waals surface area contributed by atoms with Crippen molar-refractivity contribution in [1.29, 1.82) is 0 Å². The number of nitrogens with two attached hydrogens (primary N) is 1. The number of amides is 1. The second-order valence-corrected chi connectivity index (χ2v) is 5.45. The summed E-state index contributed by atoms with van der Waals surface area (Å²) in [6.07, 6.45) is 3.26. The number of halogens is 1. The molecule has 1 aliphatic rings. The minimum Gasteiger partial charge on any atom is -0.381 e. The largest absolute Gasteiger partial charge is 0.381 e. The minimum absolute atomic E-state index is 0.222. The number of rotatable bonds is 4. The summed E-state index contributed by atoms with van der Waals surface area (Å²) in [4.78, 5) is 11.8. The molecule has 1 aliphatic carbocycles. The van der Waals surface area contributed by atoms with Crippen LogP contribution in [0.25, 0.3) is 0 Å². The molecule has 2 rings (SSSR count). The lowest BCUT2D eigenvalue weighted by Crippen LogP contribution is -2.53. The molecule has 0 atom stereocenters. The van der Waals surface area contributed by atoms with Gasteiger partial charge in [0.25, 0.3) is 0 Å². The monoisotopic (exact) mass is 282 g/mol. The Morgan fingerprint density at radius 2 is 1.95 bits per heavy atom. The van der Waals surface area contributed by atoms with Crippen molar-refractivity contribution in [3.8, 4) is 0 Å². The third-order valence-corrected chi connectivity index (χ3v) is 4.07. The molecule has 0 unspecified atom stereocenters. The number of methoxy groups -OCH3 is 1. The number of primary amides is 1. The molecule has 0 bridgehead atoms. The molecule has 1 amide bonds. The Morgan fingerprint density at radius 1 is 1.37 bits per heavy atom. The zero-order chi connectivity index (χ0) is 13.9. The average molecular weight is 283 g/mol. The highest BCUT2D eigenvalue weighted by atomic mass is 35.5. The lowest BCUT2D eigenvalue weighted by molar-refractivity contribution is -0.124. The number of benzene rings is 1. The van der Waals surface area contributed by atoms with Crippen molar-refractivity contribution in [2.24, 2.45) is 5.73 Å². The summed E-state index contributed by atoms with van der Waals surface area (Å²) in [6.45, 7) is 0. The van der Waals surface area contributed by atoms with Crippen molar-refractivity contribution in [3.05, 3.63) is 29.3 Å². The van der Waals surface area contributed by atoms with Gasteiger partial charge in [-0.3, -0.25) is 4.79 Å². The zero-order valence-corrected chi connectivity index (χ0v) is 11.7. The van der Waals surface area contributed by atoms with E-state index in [0.29, 0.717) is 17.9 Å². The van der Waals surface area contributed by atoms with E-state index >= 15 is 0 Å². The molecule has 0 spiro atoms. The van der Waals surface area contributed by atoms with Crippen LogP contribution < -0.4 is 11.1 Å².